The maximum absolute atomic E-state index is 4.58. The second-order valence-electron chi connectivity index (χ2n) is 9.14. The van der Waals surface area contributed by atoms with E-state index in [4.69, 9.17) is 0 Å². The fraction of sp³-hybridized carbons (Fsp3) is 0.103. The highest BCUT2D eigenvalue weighted by Gasteiger charge is 2.39. The van der Waals surface area contributed by atoms with Crippen LogP contribution in [0.15, 0.2) is 91.4 Å². The first-order chi connectivity index (χ1) is 15.7. The van der Waals surface area contributed by atoms with Gasteiger partial charge in [-0.3, -0.25) is 4.57 Å². The number of hydrogen-bond acceptors (Lipinski definition) is 2. The smallest absolute Gasteiger partial charge is 0.140 e. The van der Waals surface area contributed by atoms with Gasteiger partial charge in [-0.15, -0.1) is 0 Å². The molecule has 4 aromatic carbocycles. The standard InChI is InChI=1S/C29H21N3/c1-29(2)22-13-11-18-7-3-4-8-19(18)26(22)21-12-14-24-27(28(21)29)20-9-5-6-10-23(20)32(24)25-15-16-30-17-31-25/h3-17H,1-2H3. The molecule has 0 atom stereocenters. The minimum absolute atomic E-state index is 0.102. The molecule has 0 saturated heterocycles. The van der Waals surface area contributed by atoms with Crippen molar-refractivity contribution in [3.05, 3.63) is 103 Å². The molecular formula is C29H21N3. The predicted octanol–water partition coefficient (Wildman–Crippen LogP) is 7.03. The van der Waals surface area contributed by atoms with Crippen molar-refractivity contribution in [2.24, 2.45) is 0 Å². The third-order valence-corrected chi connectivity index (χ3v) is 7.13. The van der Waals surface area contributed by atoms with E-state index in [0.717, 1.165) is 5.82 Å². The van der Waals surface area contributed by atoms with Crippen LogP contribution >= 0.6 is 0 Å². The molecule has 0 spiro atoms. The maximum Gasteiger partial charge on any atom is 0.140 e. The molecule has 2 aromatic heterocycles. The van der Waals surface area contributed by atoms with Gasteiger partial charge in [-0.2, -0.15) is 0 Å². The molecule has 6 aromatic rings. The fourth-order valence-corrected chi connectivity index (χ4v) is 5.80. The van der Waals surface area contributed by atoms with E-state index in [1.54, 1.807) is 6.33 Å². The van der Waals surface area contributed by atoms with E-state index >= 15 is 0 Å². The molecule has 32 heavy (non-hydrogen) atoms. The number of aromatic nitrogens is 3. The molecule has 0 amide bonds. The molecule has 0 unspecified atom stereocenters. The van der Waals surface area contributed by atoms with Gasteiger partial charge in [-0.1, -0.05) is 74.5 Å². The summed E-state index contributed by atoms with van der Waals surface area (Å²) in [6.07, 6.45) is 3.43. The molecule has 3 nitrogen and oxygen atoms in total. The SMILES string of the molecule is CC1(C)c2ccc3ccccc3c2-c2ccc3c(c21)c1ccccc1n3-c1ccncn1. The average Bonchev–Trinajstić information content (AvgIpc) is 3.29. The monoisotopic (exact) mass is 411 g/mol. The highest BCUT2D eigenvalue weighted by atomic mass is 15.1. The van der Waals surface area contributed by atoms with Gasteiger partial charge in [0.15, 0.2) is 0 Å². The van der Waals surface area contributed by atoms with E-state index in [0.29, 0.717) is 0 Å². The lowest BCUT2D eigenvalue weighted by Crippen LogP contribution is -2.15. The summed E-state index contributed by atoms with van der Waals surface area (Å²) >= 11 is 0. The van der Waals surface area contributed by atoms with E-state index in [1.165, 1.54) is 54.8 Å². The van der Waals surface area contributed by atoms with E-state index in [1.807, 2.05) is 12.3 Å². The average molecular weight is 412 g/mol. The quantitative estimate of drug-likeness (QED) is 0.291. The second kappa shape index (κ2) is 6.04. The molecule has 7 rings (SSSR count). The van der Waals surface area contributed by atoms with Crippen molar-refractivity contribution in [1.82, 2.24) is 14.5 Å². The lowest BCUT2D eigenvalue weighted by Gasteiger charge is -2.23. The van der Waals surface area contributed by atoms with Crippen molar-refractivity contribution in [2.75, 3.05) is 0 Å². The topological polar surface area (TPSA) is 30.7 Å². The number of benzene rings is 4. The van der Waals surface area contributed by atoms with Crippen molar-refractivity contribution < 1.29 is 0 Å². The van der Waals surface area contributed by atoms with Crippen LogP contribution < -0.4 is 0 Å². The Morgan fingerprint density at radius 2 is 1.56 bits per heavy atom. The van der Waals surface area contributed by atoms with Crippen LogP contribution in [0.2, 0.25) is 0 Å². The molecule has 2 heterocycles. The van der Waals surface area contributed by atoms with Gasteiger partial charge in [0.1, 0.15) is 12.1 Å². The number of fused-ring (bicyclic) bond motifs is 9. The maximum atomic E-state index is 4.58. The van der Waals surface area contributed by atoms with Crippen LogP contribution in [0.3, 0.4) is 0 Å². The zero-order valence-electron chi connectivity index (χ0n) is 18.0. The zero-order valence-corrected chi connectivity index (χ0v) is 18.0. The van der Waals surface area contributed by atoms with E-state index in [9.17, 15) is 0 Å². The lowest BCUT2D eigenvalue weighted by atomic mass is 9.80. The summed E-state index contributed by atoms with van der Waals surface area (Å²) in [5.74, 6) is 0.893. The van der Waals surface area contributed by atoms with Crippen molar-refractivity contribution in [3.8, 4) is 16.9 Å². The van der Waals surface area contributed by atoms with Gasteiger partial charge >= 0.3 is 0 Å². The number of para-hydroxylation sites is 1. The van der Waals surface area contributed by atoms with Crippen LogP contribution in [0, 0.1) is 0 Å². The Morgan fingerprint density at radius 1 is 0.750 bits per heavy atom. The van der Waals surface area contributed by atoms with Gasteiger partial charge in [-0.25, -0.2) is 9.97 Å². The highest BCUT2D eigenvalue weighted by molar-refractivity contribution is 6.16. The Morgan fingerprint density at radius 3 is 2.41 bits per heavy atom. The first-order valence-electron chi connectivity index (χ1n) is 11.0. The van der Waals surface area contributed by atoms with Gasteiger partial charge in [0.25, 0.3) is 0 Å². The largest absolute Gasteiger partial charge is 0.294 e. The summed E-state index contributed by atoms with van der Waals surface area (Å²) in [5, 5.41) is 5.21. The van der Waals surface area contributed by atoms with Crippen LogP contribution in [0.25, 0.3) is 49.5 Å². The molecule has 0 saturated carbocycles. The van der Waals surface area contributed by atoms with Crippen LogP contribution in [-0.4, -0.2) is 14.5 Å². The molecule has 0 N–H and O–H groups in total. The summed E-state index contributed by atoms with van der Waals surface area (Å²) in [6, 6.07) is 28.6. The minimum Gasteiger partial charge on any atom is -0.294 e. The molecule has 1 aliphatic carbocycles. The van der Waals surface area contributed by atoms with E-state index < -0.39 is 0 Å². The number of hydrogen-bond donors (Lipinski definition) is 0. The Hall–Kier alpha value is -3.98. The Bertz CT molecular complexity index is 1690. The van der Waals surface area contributed by atoms with E-state index in [-0.39, 0.29) is 5.41 Å². The first kappa shape index (κ1) is 17.7. The van der Waals surface area contributed by atoms with E-state index in [2.05, 4.69) is 101 Å². The minimum atomic E-state index is -0.102. The normalized spacial score (nSPS) is 14.2. The molecule has 0 bridgehead atoms. The van der Waals surface area contributed by atoms with Gasteiger partial charge in [0.05, 0.1) is 11.0 Å². The summed E-state index contributed by atoms with van der Waals surface area (Å²) < 4.78 is 2.27. The molecule has 3 heteroatoms. The van der Waals surface area contributed by atoms with Gasteiger partial charge < -0.3 is 0 Å². The molecule has 152 valence electrons. The lowest BCUT2D eigenvalue weighted by molar-refractivity contribution is 0.667. The van der Waals surface area contributed by atoms with Gasteiger partial charge in [0.2, 0.25) is 0 Å². The third-order valence-electron chi connectivity index (χ3n) is 7.13. The molecule has 1 aliphatic rings. The Balaban J connectivity index is 1.69. The summed E-state index contributed by atoms with van der Waals surface area (Å²) in [4.78, 5) is 8.71. The Labute approximate surface area is 186 Å². The third kappa shape index (κ3) is 2.10. The van der Waals surface area contributed by atoms with Gasteiger partial charge in [-0.05, 0) is 51.2 Å². The fourth-order valence-electron chi connectivity index (χ4n) is 5.80. The van der Waals surface area contributed by atoms with Crippen LogP contribution in [0.4, 0.5) is 0 Å². The van der Waals surface area contributed by atoms with Gasteiger partial charge in [0, 0.05) is 22.4 Å². The number of rotatable bonds is 1. The molecule has 0 radical (unpaired) electrons. The van der Waals surface area contributed by atoms with Crippen LogP contribution in [-0.2, 0) is 5.41 Å². The summed E-state index contributed by atoms with van der Waals surface area (Å²) in [7, 11) is 0. The van der Waals surface area contributed by atoms with Crippen molar-refractivity contribution in [3.63, 3.8) is 0 Å². The molecular weight excluding hydrogens is 390 g/mol. The second-order valence-corrected chi connectivity index (χ2v) is 9.14. The Kier molecular flexibility index (Phi) is 3.34. The molecule has 0 aliphatic heterocycles. The number of nitrogens with zero attached hydrogens (tertiary/aromatic N) is 3. The summed E-state index contributed by atoms with van der Waals surface area (Å²) in [6.45, 7) is 4.73. The van der Waals surface area contributed by atoms with Crippen molar-refractivity contribution in [1.29, 1.82) is 0 Å². The molecule has 0 fully saturated rings. The zero-order chi connectivity index (χ0) is 21.4. The van der Waals surface area contributed by atoms with Crippen molar-refractivity contribution in [2.45, 2.75) is 19.3 Å². The van der Waals surface area contributed by atoms with Crippen molar-refractivity contribution >= 4 is 32.6 Å². The van der Waals surface area contributed by atoms with Crippen LogP contribution in [0.1, 0.15) is 25.0 Å². The summed E-state index contributed by atoms with van der Waals surface area (Å²) in [5.41, 5.74) is 7.79. The first-order valence-corrected chi connectivity index (χ1v) is 11.0. The van der Waals surface area contributed by atoms with Crippen LogP contribution in [0.5, 0.6) is 0 Å². The highest BCUT2D eigenvalue weighted by Crippen LogP contribution is 2.54. The predicted molar refractivity (Wildman–Crippen MR) is 131 cm³/mol.